The van der Waals surface area contributed by atoms with Crippen LogP contribution in [-0.4, -0.2) is 41.7 Å². The molecular formula is C14H26N2O2. The predicted molar refractivity (Wildman–Crippen MR) is 70.9 cm³/mol. The first-order chi connectivity index (χ1) is 8.67. The van der Waals surface area contributed by atoms with E-state index in [0.29, 0.717) is 18.4 Å². The highest BCUT2D eigenvalue weighted by atomic mass is 16.3. The number of amides is 1. The predicted octanol–water partition coefficient (Wildman–Crippen LogP) is 0.981. The maximum atomic E-state index is 12.6. The Morgan fingerprint density at radius 1 is 1.39 bits per heavy atom. The van der Waals surface area contributed by atoms with Gasteiger partial charge in [-0.15, -0.1) is 0 Å². The SMILES string of the molecule is CC1CCN(C(=O)C2CCCC(CN)C2)C1CO. The van der Waals surface area contributed by atoms with Crippen molar-refractivity contribution in [3.8, 4) is 0 Å². The van der Waals surface area contributed by atoms with Crippen LogP contribution >= 0.6 is 0 Å². The second-order valence-corrected chi connectivity index (χ2v) is 6.01. The Hall–Kier alpha value is -0.610. The van der Waals surface area contributed by atoms with Gasteiger partial charge in [-0.25, -0.2) is 0 Å². The van der Waals surface area contributed by atoms with Crippen molar-refractivity contribution < 1.29 is 9.90 Å². The fourth-order valence-electron chi connectivity index (χ4n) is 3.52. The first kappa shape index (κ1) is 13.8. The Bertz CT molecular complexity index is 296. The number of aliphatic hydroxyl groups excluding tert-OH is 1. The number of hydrogen-bond acceptors (Lipinski definition) is 3. The molecule has 1 aliphatic heterocycles. The summed E-state index contributed by atoms with van der Waals surface area (Å²) in [5, 5.41) is 9.44. The van der Waals surface area contributed by atoms with Crippen molar-refractivity contribution in [2.24, 2.45) is 23.5 Å². The average Bonchev–Trinajstić information content (AvgIpc) is 2.79. The molecule has 4 nitrogen and oxygen atoms in total. The maximum Gasteiger partial charge on any atom is 0.226 e. The molecule has 0 radical (unpaired) electrons. The van der Waals surface area contributed by atoms with Crippen LogP contribution in [0.1, 0.15) is 39.0 Å². The van der Waals surface area contributed by atoms with Gasteiger partial charge in [0.2, 0.25) is 5.91 Å². The largest absolute Gasteiger partial charge is 0.394 e. The summed E-state index contributed by atoms with van der Waals surface area (Å²) in [5.41, 5.74) is 5.73. The van der Waals surface area contributed by atoms with E-state index in [0.717, 1.165) is 32.2 Å². The van der Waals surface area contributed by atoms with Gasteiger partial charge in [0.25, 0.3) is 0 Å². The van der Waals surface area contributed by atoms with Gasteiger partial charge in [0.05, 0.1) is 12.6 Å². The van der Waals surface area contributed by atoms with E-state index < -0.39 is 0 Å². The minimum atomic E-state index is 0.0377. The number of rotatable bonds is 3. The molecule has 1 saturated carbocycles. The summed E-state index contributed by atoms with van der Waals surface area (Å²) >= 11 is 0. The van der Waals surface area contributed by atoms with E-state index in [4.69, 9.17) is 5.73 Å². The van der Waals surface area contributed by atoms with Crippen LogP contribution in [0.3, 0.4) is 0 Å². The summed E-state index contributed by atoms with van der Waals surface area (Å²) in [5.74, 6) is 1.34. The van der Waals surface area contributed by atoms with Crippen LogP contribution in [0.25, 0.3) is 0 Å². The fraction of sp³-hybridized carbons (Fsp3) is 0.929. The Balaban J connectivity index is 1.98. The number of carbonyl (C=O) groups is 1. The Labute approximate surface area is 110 Å². The molecule has 0 aromatic rings. The van der Waals surface area contributed by atoms with Gasteiger partial charge in [-0.3, -0.25) is 4.79 Å². The number of likely N-dealkylation sites (tertiary alicyclic amines) is 1. The van der Waals surface area contributed by atoms with E-state index in [1.54, 1.807) is 0 Å². The minimum Gasteiger partial charge on any atom is -0.394 e. The van der Waals surface area contributed by atoms with Gasteiger partial charge in [0, 0.05) is 12.5 Å². The summed E-state index contributed by atoms with van der Waals surface area (Å²) in [6.07, 6.45) is 5.24. The smallest absolute Gasteiger partial charge is 0.226 e. The highest BCUT2D eigenvalue weighted by Gasteiger charge is 2.38. The van der Waals surface area contributed by atoms with Crippen LogP contribution in [0.5, 0.6) is 0 Å². The molecule has 1 aliphatic carbocycles. The van der Waals surface area contributed by atoms with E-state index in [-0.39, 0.29) is 24.5 Å². The lowest BCUT2D eigenvalue weighted by atomic mass is 9.80. The van der Waals surface area contributed by atoms with Crippen molar-refractivity contribution in [3.05, 3.63) is 0 Å². The highest BCUT2D eigenvalue weighted by Crippen LogP contribution is 2.33. The molecule has 18 heavy (non-hydrogen) atoms. The van der Waals surface area contributed by atoms with Gasteiger partial charge in [-0.2, -0.15) is 0 Å². The molecule has 3 N–H and O–H groups in total. The zero-order valence-electron chi connectivity index (χ0n) is 11.3. The summed E-state index contributed by atoms with van der Waals surface area (Å²) in [4.78, 5) is 14.5. The lowest BCUT2D eigenvalue weighted by molar-refractivity contribution is -0.139. The van der Waals surface area contributed by atoms with Crippen LogP contribution < -0.4 is 5.73 Å². The van der Waals surface area contributed by atoms with Gasteiger partial charge >= 0.3 is 0 Å². The van der Waals surface area contributed by atoms with Crippen molar-refractivity contribution in [2.45, 2.75) is 45.1 Å². The number of carbonyl (C=O) groups excluding carboxylic acids is 1. The van der Waals surface area contributed by atoms with Crippen molar-refractivity contribution >= 4 is 5.91 Å². The number of hydrogen-bond donors (Lipinski definition) is 2. The molecule has 1 amide bonds. The van der Waals surface area contributed by atoms with E-state index in [9.17, 15) is 9.90 Å². The van der Waals surface area contributed by atoms with Crippen LogP contribution in [0, 0.1) is 17.8 Å². The van der Waals surface area contributed by atoms with Gasteiger partial charge in [0.1, 0.15) is 0 Å². The molecule has 4 heteroatoms. The minimum absolute atomic E-state index is 0.0377. The second kappa shape index (κ2) is 6.02. The zero-order valence-corrected chi connectivity index (χ0v) is 11.3. The third-order valence-corrected chi connectivity index (χ3v) is 4.82. The van der Waals surface area contributed by atoms with E-state index in [1.165, 1.54) is 6.42 Å². The van der Waals surface area contributed by atoms with E-state index >= 15 is 0 Å². The van der Waals surface area contributed by atoms with Gasteiger partial charge in [0.15, 0.2) is 0 Å². The van der Waals surface area contributed by atoms with Crippen molar-refractivity contribution in [1.82, 2.24) is 4.90 Å². The fourth-order valence-corrected chi connectivity index (χ4v) is 3.52. The van der Waals surface area contributed by atoms with Crippen LogP contribution in [-0.2, 0) is 4.79 Å². The standard InChI is InChI=1S/C14H26N2O2/c1-10-5-6-16(13(10)9-17)14(18)12-4-2-3-11(7-12)8-15/h10-13,17H,2-9,15H2,1H3. The molecule has 0 bridgehead atoms. The quantitative estimate of drug-likeness (QED) is 0.789. The molecule has 4 atom stereocenters. The molecule has 0 spiro atoms. The first-order valence-electron chi connectivity index (χ1n) is 7.28. The topological polar surface area (TPSA) is 66.6 Å². The average molecular weight is 254 g/mol. The molecule has 1 saturated heterocycles. The normalized spacial score (nSPS) is 36.9. The number of nitrogens with zero attached hydrogens (tertiary/aromatic N) is 1. The molecule has 0 aromatic carbocycles. The first-order valence-corrected chi connectivity index (χ1v) is 7.28. The number of nitrogens with two attached hydrogens (primary N) is 1. The molecule has 2 rings (SSSR count). The van der Waals surface area contributed by atoms with Crippen molar-refractivity contribution in [3.63, 3.8) is 0 Å². The summed E-state index contributed by atoms with van der Waals surface area (Å²) in [6, 6.07) is 0.0377. The van der Waals surface area contributed by atoms with Gasteiger partial charge < -0.3 is 15.7 Å². The lowest BCUT2D eigenvalue weighted by Gasteiger charge is -2.33. The molecule has 104 valence electrons. The second-order valence-electron chi connectivity index (χ2n) is 6.01. The molecule has 1 heterocycles. The van der Waals surface area contributed by atoms with Gasteiger partial charge in [-0.1, -0.05) is 13.3 Å². The zero-order chi connectivity index (χ0) is 13.1. The summed E-state index contributed by atoms with van der Waals surface area (Å²) in [6.45, 7) is 3.73. The van der Waals surface area contributed by atoms with Crippen molar-refractivity contribution in [1.29, 1.82) is 0 Å². The maximum absolute atomic E-state index is 12.6. The molecule has 4 unspecified atom stereocenters. The van der Waals surface area contributed by atoms with E-state index in [2.05, 4.69) is 6.92 Å². The van der Waals surface area contributed by atoms with Crippen LogP contribution in [0.2, 0.25) is 0 Å². The number of aliphatic hydroxyl groups is 1. The van der Waals surface area contributed by atoms with E-state index in [1.807, 2.05) is 4.90 Å². The summed E-state index contributed by atoms with van der Waals surface area (Å²) < 4.78 is 0. The third-order valence-electron chi connectivity index (χ3n) is 4.82. The molecular weight excluding hydrogens is 228 g/mol. The van der Waals surface area contributed by atoms with Crippen molar-refractivity contribution in [2.75, 3.05) is 19.7 Å². The highest BCUT2D eigenvalue weighted by molar-refractivity contribution is 5.79. The molecule has 2 fully saturated rings. The third kappa shape index (κ3) is 2.69. The molecule has 0 aromatic heterocycles. The summed E-state index contributed by atoms with van der Waals surface area (Å²) in [7, 11) is 0. The van der Waals surface area contributed by atoms with Crippen LogP contribution in [0.15, 0.2) is 0 Å². The molecule has 2 aliphatic rings. The Morgan fingerprint density at radius 3 is 2.83 bits per heavy atom. The van der Waals surface area contributed by atoms with Crippen LogP contribution in [0.4, 0.5) is 0 Å². The Kier molecular flexibility index (Phi) is 4.62. The lowest BCUT2D eigenvalue weighted by Crippen LogP contribution is -2.44. The Morgan fingerprint density at radius 2 is 2.17 bits per heavy atom. The monoisotopic (exact) mass is 254 g/mol. The van der Waals surface area contributed by atoms with Gasteiger partial charge in [-0.05, 0) is 44.1 Å².